The number of cyclic esters (lactones) is 1. The summed E-state index contributed by atoms with van der Waals surface area (Å²) in [5.41, 5.74) is 2.77. The number of anilines is 1. The number of ether oxygens (including phenoxy) is 2. The van der Waals surface area contributed by atoms with Crippen LogP contribution in [0.25, 0.3) is 0 Å². The first-order valence-electron chi connectivity index (χ1n) is 8.21. The van der Waals surface area contributed by atoms with Crippen molar-refractivity contribution < 1.29 is 19.1 Å². The maximum atomic E-state index is 13.0. The summed E-state index contributed by atoms with van der Waals surface area (Å²) in [6.45, 7) is 0.104. The van der Waals surface area contributed by atoms with Crippen molar-refractivity contribution in [3.63, 3.8) is 0 Å². The molecule has 0 N–H and O–H groups in total. The third kappa shape index (κ3) is 2.80. The molecule has 0 unspecified atom stereocenters. The zero-order valence-corrected chi connectivity index (χ0v) is 15.7. The highest BCUT2D eigenvalue weighted by atomic mass is 79.9. The highest BCUT2D eigenvalue weighted by Crippen LogP contribution is 2.42. The monoisotopic (exact) mass is 413 g/mol. The first kappa shape index (κ1) is 16.8. The van der Waals surface area contributed by atoms with Crippen molar-refractivity contribution in [2.24, 2.45) is 0 Å². The molecule has 0 fully saturated rings. The summed E-state index contributed by atoms with van der Waals surface area (Å²) in [6.07, 6.45) is 0.202. The molecular weight excluding hydrogens is 398 g/mol. The quantitative estimate of drug-likeness (QED) is 0.718. The van der Waals surface area contributed by atoms with Crippen LogP contribution in [0.1, 0.15) is 17.9 Å². The number of esters is 1. The van der Waals surface area contributed by atoms with E-state index in [1.807, 2.05) is 48.5 Å². The lowest BCUT2D eigenvalue weighted by Crippen LogP contribution is -2.37. The summed E-state index contributed by atoms with van der Waals surface area (Å²) < 4.78 is 11.4. The average Bonchev–Trinajstić information content (AvgIpc) is 3.02. The number of carbonyl (C=O) groups excluding carboxylic acids is 2. The minimum atomic E-state index is -0.361. The number of amides is 1. The van der Waals surface area contributed by atoms with E-state index in [1.54, 1.807) is 12.0 Å². The Morgan fingerprint density at radius 3 is 2.73 bits per heavy atom. The Kier molecular flexibility index (Phi) is 4.28. The molecule has 2 aliphatic heterocycles. The van der Waals surface area contributed by atoms with Crippen LogP contribution in [-0.4, -0.2) is 25.6 Å². The van der Waals surface area contributed by atoms with Crippen molar-refractivity contribution in [3.05, 3.63) is 69.8 Å². The molecule has 2 aromatic carbocycles. The van der Waals surface area contributed by atoms with Gasteiger partial charge in [-0.25, -0.2) is 4.79 Å². The topological polar surface area (TPSA) is 55.8 Å². The van der Waals surface area contributed by atoms with Gasteiger partial charge >= 0.3 is 5.97 Å². The average molecular weight is 414 g/mol. The number of hydrogen-bond donors (Lipinski definition) is 0. The molecule has 0 radical (unpaired) electrons. The fourth-order valence-corrected chi connectivity index (χ4v) is 3.90. The number of hydrogen-bond acceptors (Lipinski definition) is 4. The predicted octanol–water partition coefficient (Wildman–Crippen LogP) is 3.79. The summed E-state index contributed by atoms with van der Waals surface area (Å²) in [5, 5.41) is 0. The van der Waals surface area contributed by atoms with E-state index in [4.69, 9.17) is 9.47 Å². The number of nitrogens with zero attached hydrogens (tertiary/aromatic N) is 1. The van der Waals surface area contributed by atoms with Crippen LogP contribution >= 0.6 is 15.9 Å². The summed E-state index contributed by atoms with van der Waals surface area (Å²) >= 11 is 3.43. The molecule has 132 valence electrons. The van der Waals surface area contributed by atoms with E-state index in [9.17, 15) is 9.59 Å². The summed E-state index contributed by atoms with van der Waals surface area (Å²) in [6, 6.07) is 14.9. The Hall–Kier alpha value is -2.60. The molecule has 0 saturated carbocycles. The van der Waals surface area contributed by atoms with E-state index in [1.165, 1.54) is 0 Å². The van der Waals surface area contributed by atoms with Gasteiger partial charge in [0.25, 0.3) is 0 Å². The molecule has 1 atom stereocenters. The van der Waals surface area contributed by atoms with Crippen LogP contribution in [-0.2, 0) is 14.3 Å². The molecule has 0 bridgehead atoms. The largest absolute Gasteiger partial charge is 0.497 e. The molecule has 0 aliphatic carbocycles. The van der Waals surface area contributed by atoms with Crippen LogP contribution < -0.4 is 9.64 Å². The van der Waals surface area contributed by atoms with Gasteiger partial charge in [-0.2, -0.15) is 0 Å². The SMILES string of the molecule is COc1cccc([C@H]2CC(=O)N(c3cccc(Br)c3)C3=C2C(=O)OC3)c1. The standard InChI is InChI=1S/C20H16BrNO4/c1-25-15-7-2-4-12(8-15)16-10-18(23)22(14-6-3-5-13(21)9-14)17-11-26-20(24)19(16)17/h2-9,16H,10-11H2,1H3/t16-/m1/s1. The van der Waals surface area contributed by atoms with Gasteiger partial charge in [-0.15, -0.1) is 0 Å². The first-order valence-corrected chi connectivity index (χ1v) is 9.00. The van der Waals surface area contributed by atoms with Crippen LogP contribution in [0.3, 0.4) is 0 Å². The lowest BCUT2D eigenvalue weighted by atomic mass is 9.84. The Morgan fingerprint density at radius 2 is 1.96 bits per heavy atom. The number of methoxy groups -OCH3 is 1. The van der Waals surface area contributed by atoms with Crippen LogP contribution in [0.2, 0.25) is 0 Å². The molecule has 2 heterocycles. The Labute approximate surface area is 159 Å². The van der Waals surface area contributed by atoms with Gasteiger partial charge in [0.05, 0.1) is 18.4 Å². The molecule has 26 heavy (non-hydrogen) atoms. The summed E-state index contributed by atoms with van der Waals surface area (Å²) in [4.78, 5) is 27.0. The zero-order valence-electron chi connectivity index (χ0n) is 14.1. The summed E-state index contributed by atoms with van der Waals surface area (Å²) in [7, 11) is 1.59. The van der Waals surface area contributed by atoms with E-state index in [2.05, 4.69) is 15.9 Å². The van der Waals surface area contributed by atoms with Crippen molar-refractivity contribution in [2.75, 3.05) is 18.6 Å². The smallest absolute Gasteiger partial charge is 0.336 e. The van der Waals surface area contributed by atoms with Gasteiger partial charge in [-0.05, 0) is 35.9 Å². The van der Waals surface area contributed by atoms with E-state index in [0.29, 0.717) is 17.0 Å². The maximum Gasteiger partial charge on any atom is 0.336 e. The van der Waals surface area contributed by atoms with Gasteiger partial charge in [0.1, 0.15) is 12.4 Å². The van der Waals surface area contributed by atoms with Gasteiger partial charge in [-0.1, -0.05) is 34.1 Å². The number of rotatable bonds is 3. The molecule has 0 spiro atoms. The molecule has 6 heteroatoms. The van der Waals surface area contributed by atoms with E-state index in [0.717, 1.165) is 15.7 Å². The molecule has 5 nitrogen and oxygen atoms in total. The van der Waals surface area contributed by atoms with Crippen LogP contribution in [0, 0.1) is 0 Å². The second kappa shape index (κ2) is 6.61. The molecule has 0 saturated heterocycles. The van der Waals surface area contributed by atoms with Gasteiger partial charge in [-0.3, -0.25) is 9.69 Å². The number of carbonyl (C=O) groups is 2. The predicted molar refractivity (Wildman–Crippen MR) is 100.0 cm³/mol. The molecule has 4 rings (SSSR count). The second-order valence-electron chi connectivity index (χ2n) is 6.18. The van der Waals surface area contributed by atoms with Gasteiger partial charge in [0.15, 0.2) is 0 Å². The molecule has 2 aliphatic rings. The molecule has 2 aromatic rings. The first-order chi connectivity index (χ1) is 12.6. The van der Waals surface area contributed by atoms with Crippen molar-refractivity contribution in [1.82, 2.24) is 0 Å². The van der Waals surface area contributed by atoms with Gasteiger partial charge < -0.3 is 9.47 Å². The van der Waals surface area contributed by atoms with E-state index >= 15 is 0 Å². The molecule has 1 amide bonds. The highest BCUT2D eigenvalue weighted by Gasteiger charge is 2.43. The lowest BCUT2D eigenvalue weighted by molar-refractivity contribution is -0.136. The van der Waals surface area contributed by atoms with E-state index < -0.39 is 0 Å². The summed E-state index contributed by atoms with van der Waals surface area (Å²) in [5.74, 6) is -0.0582. The van der Waals surface area contributed by atoms with Gasteiger partial charge in [0, 0.05) is 22.5 Å². The molecule has 0 aromatic heterocycles. The van der Waals surface area contributed by atoms with Crippen LogP contribution in [0.15, 0.2) is 64.3 Å². The molecular formula is C20H16BrNO4. The highest BCUT2D eigenvalue weighted by molar-refractivity contribution is 9.10. The van der Waals surface area contributed by atoms with Crippen molar-refractivity contribution in [1.29, 1.82) is 0 Å². The van der Waals surface area contributed by atoms with Crippen molar-refractivity contribution in [3.8, 4) is 5.75 Å². The van der Waals surface area contributed by atoms with E-state index in [-0.39, 0.29) is 30.8 Å². The fraction of sp³-hybridized carbons (Fsp3) is 0.200. The second-order valence-corrected chi connectivity index (χ2v) is 7.09. The normalized spacial score (nSPS) is 19.5. The Morgan fingerprint density at radius 1 is 1.15 bits per heavy atom. The fourth-order valence-electron chi connectivity index (χ4n) is 3.51. The number of halogens is 1. The van der Waals surface area contributed by atoms with Crippen LogP contribution in [0.4, 0.5) is 5.69 Å². The van der Waals surface area contributed by atoms with Gasteiger partial charge in [0.2, 0.25) is 5.91 Å². The van der Waals surface area contributed by atoms with Crippen LogP contribution in [0.5, 0.6) is 5.75 Å². The van der Waals surface area contributed by atoms with Crippen molar-refractivity contribution >= 4 is 33.5 Å². The Bertz CT molecular complexity index is 937. The third-order valence-corrected chi connectivity index (χ3v) is 5.17. The lowest BCUT2D eigenvalue weighted by Gasteiger charge is -2.32. The minimum Gasteiger partial charge on any atom is -0.497 e. The third-order valence-electron chi connectivity index (χ3n) is 4.68. The minimum absolute atomic E-state index is 0.0621. The van der Waals surface area contributed by atoms with Crippen molar-refractivity contribution in [2.45, 2.75) is 12.3 Å². The Balaban J connectivity index is 1.83. The maximum absolute atomic E-state index is 13.0. The number of benzene rings is 2. The zero-order chi connectivity index (χ0) is 18.3.